The molecule has 13 rings (SSSR count). The number of ether oxygens (including phenoxy) is 13. The maximum Gasteiger partial charge on any atom is 0.343 e. The third-order valence-electron chi connectivity index (χ3n) is 26.9. The lowest BCUT2D eigenvalue weighted by Gasteiger charge is -2.37. The summed E-state index contributed by atoms with van der Waals surface area (Å²) in [5, 5.41) is 0. The SMILES string of the molecule is C=CC(=O)OCC1CCC(C2CCC(c3ccc(F)c(F)c3)CC2)CC1.C=CC(=O)OCOc1ccc(C(=O)OC2CCC(C3CCC(CCC)CC3)CC2)cc1.C=CC(=O)OCOc1ccc(C(=O)OC2CCC(C3CCC(CCCCC)CC3)CC2)c(F)c1.C=CC(=O)OCOc1ccc(C(=O)Oc2ccc(S(=O)(=O)c3ccc(OC(=O)c4ccc(OCOC(=O)C=C)cc4)cc3)cc2)cc1. The summed E-state index contributed by atoms with van der Waals surface area (Å²) in [4.78, 5) is 105. The molecule has 0 amide bonds. The zero-order valence-electron chi connectivity index (χ0n) is 79.0. The molecule has 6 aliphatic rings. The Morgan fingerprint density at radius 1 is 0.319 bits per heavy atom. The average molecular weight is 1920 g/mol. The molecule has 0 aromatic heterocycles. The topological polar surface area (TPSA) is 308 Å². The normalized spacial score (nSPS) is 21.0. The van der Waals surface area contributed by atoms with Crippen molar-refractivity contribution in [3.05, 3.63) is 266 Å². The highest BCUT2D eigenvalue weighted by molar-refractivity contribution is 7.91. The summed E-state index contributed by atoms with van der Waals surface area (Å²) in [5.41, 5.74) is 1.74. The van der Waals surface area contributed by atoms with Gasteiger partial charge in [-0.15, -0.1) is 0 Å². The van der Waals surface area contributed by atoms with Crippen LogP contribution in [0.3, 0.4) is 0 Å². The Labute approximate surface area is 807 Å². The zero-order valence-corrected chi connectivity index (χ0v) is 79.8. The Balaban J connectivity index is 0.000000194. The van der Waals surface area contributed by atoms with Gasteiger partial charge in [0.25, 0.3) is 0 Å². The number of carbonyl (C=O) groups is 9. The monoisotopic (exact) mass is 1920 g/mol. The van der Waals surface area contributed by atoms with Gasteiger partial charge in [-0.2, -0.15) is 0 Å². The summed E-state index contributed by atoms with van der Waals surface area (Å²) in [6.45, 7) is 20.4. The van der Waals surface area contributed by atoms with Crippen molar-refractivity contribution in [3.8, 4) is 34.5 Å². The maximum atomic E-state index is 14.4. The van der Waals surface area contributed by atoms with E-state index in [0.717, 1.165) is 147 Å². The van der Waals surface area contributed by atoms with Gasteiger partial charge in [0, 0.05) is 36.4 Å². The first-order valence-corrected chi connectivity index (χ1v) is 49.6. The quantitative estimate of drug-likeness (QED) is 0.00863. The summed E-state index contributed by atoms with van der Waals surface area (Å²) in [6, 6.07) is 37.2. The second-order valence-electron chi connectivity index (χ2n) is 35.8. The molecule has 24 nitrogen and oxygen atoms in total. The van der Waals surface area contributed by atoms with E-state index in [1.54, 1.807) is 30.3 Å². The number of unbranched alkanes of at least 4 members (excludes halogenated alkanes) is 2. The van der Waals surface area contributed by atoms with E-state index in [0.29, 0.717) is 41.3 Å². The molecule has 0 heterocycles. The van der Waals surface area contributed by atoms with Gasteiger partial charge in [-0.05, 0) is 339 Å². The Morgan fingerprint density at radius 3 is 1.02 bits per heavy atom. The van der Waals surface area contributed by atoms with Gasteiger partial charge in [0.05, 0.1) is 38.7 Å². The van der Waals surface area contributed by atoms with Crippen LogP contribution in [-0.2, 0) is 67.0 Å². The predicted molar refractivity (Wildman–Crippen MR) is 511 cm³/mol. The van der Waals surface area contributed by atoms with E-state index in [2.05, 4.69) is 46.7 Å². The number of hydrogen-bond donors (Lipinski definition) is 0. The van der Waals surface area contributed by atoms with Crippen LogP contribution >= 0.6 is 0 Å². The van der Waals surface area contributed by atoms with Gasteiger partial charge < -0.3 is 61.6 Å². The van der Waals surface area contributed by atoms with Crippen molar-refractivity contribution in [2.75, 3.05) is 33.8 Å². The van der Waals surface area contributed by atoms with Gasteiger partial charge >= 0.3 is 53.7 Å². The zero-order chi connectivity index (χ0) is 98.7. The van der Waals surface area contributed by atoms with Gasteiger partial charge in [0.15, 0.2) is 11.6 Å². The number of benzene rings is 7. The smallest absolute Gasteiger partial charge is 0.343 e. The van der Waals surface area contributed by atoms with Crippen molar-refractivity contribution >= 4 is 63.6 Å². The predicted octanol–water partition coefficient (Wildman–Crippen LogP) is 23.9. The molecule has 6 aliphatic carbocycles. The minimum Gasteiger partial charge on any atom is -0.462 e. The lowest BCUT2D eigenvalue weighted by Crippen LogP contribution is -2.30. The molecule has 0 N–H and O–H groups in total. The van der Waals surface area contributed by atoms with Crippen LogP contribution in [0.25, 0.3) is 0 Å². The molecule has 6 fully saturated rings. The molecule has 0 spiro atoms. The minimum absolute atomic E-state index is 0.0226. The van der Waals surface area contributed by atoms with E-state index < -0.39 is 69.1 Å². The van der Waals surface area contributed by atoms with Crippen molar-refractivity contribution in [2.24, 2.45) is 53.3 Å². The molecule has 7 aromatic rings. The van der Waals surface area contributed by atoms with Crippen LogP contribution in [0.15, 0.2) is 231 Å². The molecular weight excluding hydrogens is 1790 g/mol. The third-order valence-corrected chi connectivity index (χ3v) is 28.7. The van der Waals surface area contributed by atoms with Crippen LogP contribution in [0.4, 0.5) is 13.2 Å². The molecule has 7 aromatic carbocycles. The first kappa shape index (κ1) is 107. The molecular formula is C110H129F3O24S. The molecule has 0 saturated heterocycles. The Kier molecular flexibility index (Phi) is 43.9. The summed E-state index contributed by atoms with van der Waals surface area (Å²) in [7, 11) is -3.96. The van der Waals surface area contributed by atoms with E-state index in [1.807, 2.05) is 0 Å². The summed E-state index contributed by atoms with van der Waals surface area (Å²) >= 11 is 0. The van der Waals surface area contributed by atoms with Crippen molar-refractivity contribution in [1.82, 2.24) is 0 Å². The van der Waals surface area contributed by atoms with Crippen LogP contribution in [0.2, 0.25) is 0 Å². The summed E-state index contributed by atoms with van der Waals surface area (Å²) in [6.07, 6.45) is 41.7. The van der Waals surface area contributed by atoms with Crippen LogP contribution in [-0.4, -0.2) is 108 Å². The molecule has 0 aliphatic heterocycles. The van der Waals surface area contributed by atoms with Gasteiger partial charge in [0.1, 0.15) is 52.5 Å². The number of sulfone groups is 1. The molecule has 0 bridgehead atoms. The number of esters is 9. The van der Waals surface area contributed by atoms with Crippen LogP contribution in [0.5, 0.6) is 34.5 Å². The lowest BCUT2D eigenvalue weighted by atomic mass is 9.68. The second kappa shape index (κ2) is 56.3. The third kappa shape index (κ3) is 34.8. The van der Waals surface area contributed by atoms with E-state index in [4.69, 9.17) is 61.6 Å². The fourth-order valence-corrected chi connectivity index (χ4v) is 20.3. The van der Waals surface area contributed by atoms with Crippen LogP contribution in [0, 0.1) is 70.7 Å². The van der Waals surface area contributed by atoms with Crippen molar-refractivity contribution in [1.29, 1.82) is 0 Å². The summed E-state index contributed by atoms with van der Waals surface area (Å²) in [5.74, 6) is 1.75. The van der Waals surface area contributed by atoms with Crippen molar-refractivity contribution < 1.29 is 126 Å². The van der Waals surface area contributed by atoms with E-state index >= 15 is 0 Å². The summed E-state index contributed by atoms with van der Waals surface area (Å²) < 4.78 is 134. The van der Waals surface area contributed by atoms with E-state index in [1.165, 1.54) is 256 Å². The molecule has 0 atom stereocenters. The Morgan fingerprint density at radius 2 is 0.652 bits per heavy atom. The molecule has 0 unspecified atom stereocenters. The Hall–Kier alpha value is -12.6. The lowest BCUT2D eigenvalue weighted by molar-refractivity contribution is -0.145. The first-order valence-electron chi connectivity index (χ1n) is 48.1. The number of halogens is 3. The van der Waals surface area contributed by atoms with Crippen molar-refractivity contribution in [2.45, 2.75) is 234 Å². The van der Waals surface area contributed by atoms with Crippen LogP contribution in [0.1, 0.15) is 259 Å². The molecule has 138 heavy (non-hydrogen) atoms. The molecule has 740 valence electrons. The molecule has 6 saturated carbocycles. The molecule has 28 heteroatoms. The van der Waals surface area contributed by atoms with E-state index in [-0.39, 0.29) is 95.0 Å². The number of carbonyl (C=O) groups excluding carboxylic acids is 9. The van der Waals surface area contributed by atoms with Gasteiger partial charge in [-0.1, -0.05) is 117 Å². The highest BCUT2D eigenvalue weighted by Gasteiger charge is 2.37. The number of rotatable bonds is 39. The maximum absolute atomic E-state index is 14.4. The minimum atomic E-state index is -3.96. The largest absolute Gasteiger partial charge is 0.462 e. The molecule has 0 radical (unpaired) electrons. The van der Waals surface area contributed by atoms with Crippen molar-refractivity contribution in [3.63, 3.8) is 0 Å². The van der Waals surface area contributed by atoms with Gasteiger partial charge in [-0.25, -0.2) is 64.7 Å². The van der Waals surface area contributed by atoms with E-state index in [9.17, 15) is 64.7 Å². The standard InChI is InChI=1S/C34H26O12S.C28H39FO5.C26H36O5.C22H28F2O2/c1-3-31(35)43-21-41-25-9-5-23(6-10-25)33(37)45-27-13-17-29(18-14-27)47(39,40)30-19-15-28(16-20-30)46-34(38)24-7-11-26(12-8-24)42-22-44-32(36)4-2;1-3-5-6-7-20-8-10-21(11-9-20)22-12-14-23(15-13-22)34-28(31)25-17-16-24(18-26(25)29)32-19-33-27(30)4-2;1-3-5-19-6-8-20(9-7-19)21-10-16-24(17-11-21)31-26(28)22-12-14-23(15-13-22)29-18-30-25(27)4-2;1-2-22(25)26-14-15-3-5-16(6-4-15)17-7-9-18(10-8-17)19-11-12-20(23)21(24)13-19/h3-20H,1-2,21-22H2;4,16-18,20-23H,2-3,5-15,19H2,1H3;4,12-15,19-21,24H,2-3,5-11,16-18H2,1H3;2,11-13,15-18H,1,3-10,14H2. The second-order valence-corrected chi connectivity index (χ2v) is 37.7. The highest BCUT2D eigenvalue weighted by Crippen LogP contribution is 2.47. The highest BCUT2D eigenvalue weighted by atomic mass is 32.2. The van der Waals surface area contributed by atoms with Gasteiger partial charge in [-0.3, -0.25) is 0 Å². The first-order chi connectivity index (χ1) is 66.7. The van der Waals surface area contributed by atoms with Crippen LogP contribution < -0.4 is 28.4 Å². The average Bonchev–Trinajstić information content (AvgIpc) is 0.804. The fourth-order valence-electron chi connectivity index (χ4n) is 19.1. The fraction of sp³-hybridized carbons (Fsp3) is 0.445. The van der Waals surface area contributed by atoms with Gasteiger partial charge in [0.2, 0.25) is 37.0 Å². The Bertz CT molecular complexity index is 5110. The number of hydrogen-bond acceptors (Lipinski definition) is 24.